The van der Waals surface area contributed by atoms with Crippen LogP contribution in [0, 0.1) is 0 Å². The van der Waals surface area contributed by atoms with Crippen LogP contribution in [-0.2, 0) is 0 Å². The molecule has 1 N–H and O–H groups in total. The van der Waals surface area contributed by atoms with E-state index in [-0.39, 0.29) is 11.9 Å². The molecule has 0 spiro atoms. The minimum atomic E-state index is -0.0546. The summed E-state index contributed by atoms with van der Waals surface area (Å²) in [7, 11) is 2.15. The lowest BCUT2D eigenvalue weighted by Crippen LogP contribution is -2.48. The van der Waals surface area contributed by atoms with Crippen molar-refractivity contribution >= 4 is 28.8 Å². The van der Waals surface area contributed by atoms with Crippen molar-refractivity contribution in [2.45, 2.75) is 6.04 Å². The number of likely N-dealkylation sites (N-methyl/N-ethyl adjacent to an activating group) is 1. The molecular weight excluding hydrogens is 342 g/mol. The number of nitrogens with zero attached hydrogens (tertiary/aromatic N) is 2. The van der Waals surface area contributed by atoms with Crippen LogP contribution in [0.25, 0.3) is 0 Å². The van der Waals surface area contributed by atoms with Gasteiger partial charge in [-0.2, -0.15) is 11.3 Å². The number of nitrogens with one attached hydrogen (secondary N) is 1. The molecular formula is C18H22ClN3OS. The maximum absolute atomic E-state index is 12.4. The van der Waals surface area contributed by atoms with Gasteiger partial charge in [0, 0.05) is 43.3 Å². The van der Waals surface area contributed by atoms with Gasteiger partial charge in [0.25, 0.3) is 5.91 Å². The van der Waals surface area contributed by atoms with Gasteiger partial charge < -0.3 is 10.2 Å². The zero-order chi connectivity index (χ0) is 16.9. The summed E-state index contributed by atoms with van der Waals surface area (Å²) < 4.78 is 0. The highest BCUT2D eigenvalue weighted by Gasteiger charge is 2.24. The van der Waals surface area contributed by atoms with Gasteiger partial charge in [-0.3, -0.25) is 9.69 Å². The quantitative estimate of drug-likeness (QED) is 0.886. The van der Waals surface area contributed by atoms with Crippen LogP contribution in [0.1, 0.15) is 22.0 Å². The monoisotopic (exact) mass is 363 g/mol. The molecule has 24 heavy (non-hydrogen) atoms. The van der Waals surface area contributed by atoms with E-state index in [1.807, 2.05) is 0 Å². The maximum atomic E-state index is 12.4. The second-order valence-electron chi connectivity index (χ2n) is 6.13. The first-order valence-corrected chi connectivity index (χ1v) is 9.44. The van der Waals surface area contributed by atoms with E-state index in [2.05, 4.69) is 39.0 Å². The molecule has 1 aliphatic heterocycles. The molecule has 1 aliphatic rings. The molecule has 2 aromatic rings. The van der Waals surface area contributed by atoms with Gasteiger partial charge in [-0.1, -0.05) is 11.6 Å². The SMILES string of the molecule is CN1CCN(C(CNC(=O)c2ccc(Cl)cc2)c2ccsc2)CC1. The predicted molar refractivity (Wildman–Crippen MR) is 99.9 cm³/mol. The van der Waals surface area contributed by atoms with Crippen molar-refractivity contribution in [3.63, 3.8) is 0 Å². The molecule has 1 fully saturated rings. The number of amides is 1. The lowest BCUT2D eigenvalue weighted by Gasteiger charge is -2.38. The summed E-state index contributed by atoms with van der Waals surface area (Å²) in [6.07, 6.45) is 0. The Labute approximate surface area is 152 Å². The summed E-state index contributed by atoms with van der Waals surface area (Å²) in [6.45, 7) is 4.78. The van der Waals surface area contributed by atoms with Crippen LogP contribution in [0.2, 0.25) is 5.02 Å². The van der Waals surface area contributed by atoms with Gasteiger partial charge in [0.05, 0.1) is 6.04 Å². The number of hydrogen-bond donors (Lipinski definition) is 1. The van der Waals surface area contributed by atoms with Gasteiger partial charge in [0.1, 0.15) is 0 Å². The van der Waals surface area contributed by atoms with Crippen LogP contribution < -0.4 is 5.32 Å². The molecule has 1 amide bonds. The number of halogens is 1. The molecule has 0 saturated carbocycles. The second-order valence-corrected chi connectivity index (χ2v) is 7.35. The maximum Gasteiger partial charge on any atom is 0.251 e. The fraction of sp³-hybridized carbons (Fsp3) is 0.389. The summed E-state index contributed by atoms with van der Waals surface area (Å²) in [5.74, 6) is -0.0546. The second kappa shape index (κ2) is 8.12. The van der Waals surface area contributed by atoms with E-state index < -0.39 is 0 Å². The van der Waals surface area contributed by atoms with Crippen molar-refractivity contribution in [3.8, 4) is 0 Å². The van der Waals surface area contributed by atoms with Crippen LogP contribution in [0.4, 0.5) is 0 Å². The number of carbonyl (C=O) groups excluding carboxylic acids is 1. The van der Waals surface area contributed by atoms with Gasteiger partial charge in [-0.25, -0.2) is 0 Å². The molecule has 3 rings (SSSR count). The van der Waals surface area contributed by atoms with Crippen LogP contribution in [0.15, 0.2) is 41.1 Å². The Morgan fingerprint density at radius 1 is 1.21 bits per heavy atom. The topological polar surface area (TPSA) is 35.6 Å². The number of rotatable bonds is 5. The highest BCUT2D eigenvalue weighted by Crippen LogP contribution is 2.23. The third-order valence-electron chi connectivity index (χ3n) is 4.47. The number of hydrogen-bond acceptors (Lipinski definition) is 4. The van der Waals surface area contributed by atoms with Crippen LogP contribution in [-0.4, -0.2) is 55.5 Å². The lowest BCUT2D eigenvalue weighted by atomic mass is 10.1. The highest BCUT2D eigenvalue weighted by atomic mass is 35.5. The van der Waals surface area contributed by atoms with Crippen molar-refractivity contribution in [2.75, 3.05) is 39.8 Å². The molecule has 1 aromatic carbocycles. The standard InChI is InChI=1S/C18H22ClN3OS/c1-21-7-9-22(10-8-21)17(15-6-11-24-13-15)12-20-18(23)14-2-4-16(19)5-3-14/h2-6,11,13,17H,7-10,12H2,1H3,(H,20,23). The first-order chi connectivity index (χ1) is 11.6. The average molecular weight is 364 g/mol. The Morgan fingerprint density at radius 3 is 2.54 bits per heavy atom. The van der Waals surface area contributed by atoms with Crippen LogP contribution in [0.5, 0.6) is 0 Å². The van der Waals surface area contributed by atoms with E-state index >= 15 is 0 Å². The Balaban J connectivity index is 1.66. The summed E-state index contributed by atoms with van der Waals surface area (Å²) >= 11 is 7.58. The first kappa shape index (κ1) is 17.4. The van der Waals surface area contributed by atoms with E-state index in [9.17, 15) is 4.79 Å². The van der Waals surface area contributed by atoms with E-state index in [1.165, 1.54) is 5.56 Å². The minimum absolute atomic E-state index is 0.0546. The van der Waals surface area contributed by atoms with Crippen molar-refractivity contribution in [3.05, 3.63) is 57.2 Å². The van der Waals surface area contributed by atoms with Gasteiger partial charge in [-0.15, -0.1) is 0 Å². The minimum Gasteiger partial charge on any atom is -0.350 e. The molecule has 1 atom stereocenters. The highest BCUT2D eigenvalue weighted by molar-refractivity contribution is 7.07. The third kappa shape index (κ3) is 4.36. The smallest absolute Gasteiger partial charge is 0.251 e. The van der Waals surface area contributed by atoms with Crippen molar-refractivity contribution in [1.29, 1.82) is 0 Å². The van der Waals surface area contributed by atoms with Gasteiger partial charge in [0.15, 0.2) is 0 Å². The van der Waals surface area contributed by atoms with E-state index in [1.54, 1.807) is 35.6 Å². The summed E-state index contributed by atoms with van der Waals surface area (Å²) in [6, 6.07) is 9.38. The molecule has 0 radical (unpaired) electrons. The summed E-state index contributed by atoms with van der Waals surface area (Å²) in [5.41, 5.74) is 1.92. The molecule has 4 nitrogen and oxygen atoms in total. The van der Waals surface area contributed by atoms with Crippen molar-refractivity contribution in [2.24, 2.45) is 0 Å². The van der Waals surface area contributed by atoms with Crippen LogP contribution in [0.3, 0.4) is 0 Å². The normalized spacial score (nSPS) is 17.6. The number of carbonyl (C=O) groups is 1. The fourth-order valence-electron chi connectivity index (χ4n) is 2.95. The van der Waals surface area contributed by atoms with Gasteiger partial charge in [0.2, 0.25) is 0 Å². The first-order valence-electron chi connectivity index (χ1n) is 8.12. The largest absolute Gasteiger partial charge is 0.350 e. The lowest BCUT2D eigenvalue weighted by molar-refractivity contribution is 0.0887. The summed E-state index contributed by atoms with van der Waals surface area (Å²) in [4.78, 5) is 17.2. The Kier molecular flexibility index (Phi) is 5.89. The Bertz CT molecular complexity index is 651. The Morgan fingerprint density at radius 2 is 1.92 bits per heavy atom. The number of piperazine rings is 1. The molecule has 0 bridgehead atoms. The average Bonchev–Trinajstić information content (AvgIpc) is 3.11. The van der Waals surface area contributed by atoms with E-state index in [0.717, 1.165) is 26.2 Å². The molecule has 128 valence electrons. The van der Waals surface area contributed by atoms with Gasteiger partial charge in [-0.05, 0) is 53.7 Å². The van der Waals surface area contributed by atoms with E-state index in [4.69, 9.17) is 11.6 Å². The zero-order valence-corrected chi connectivity index (χ0v) is 15.3. The van der Waals surface area contributed by atoms with Crippen molar-refractivity contribution in [1.82, 2.24) is 15.1 Å². The molecule has 1 saturated heterocycles. The molecule has 2 heterocycles. The van der Waals surface area contributed by atoms with E-state index in [0.29, 0.717) is 17.1 Å². The third-order valence-corrected chi connectivity index (χ3v) is 5.42. The number of benzene rings is 1. The van der Waals surface area contributed by atoms with Crippen LogP contribution >= 0.6 is 22.9 Å². The fourth-order valence-corrected chi connectivity index (χ4v) is 3.78. The number of thiophene rings is 1. The summed E-state index contributed by atoms with van der Waals surface area (Å²) in [5, 5.41) is 8.00. The molecule has 0 aliphatic carbocycles. The van der Waals surface area contributed by atoms with Gasteiger partial charge >= 0.3 is 0 Å². The predicted octanol–water partition coefficient (Wildman–Crippen LogP) is 3.12. The molecule has 6 heteroatoms. The zero-order valence-electron chi connectivity index (χ0n) is 13.7. The molecule has 1 unspecified atom stereocenters. The molecule has 1 aromatic heterocycles. The van der Waals surface area contributed by atoms with Crippen molar-refractivity contribution < 1.29 is 4.79 Å². The Hall–Kier alpha value is -1.40.